The highest BCUT2D eigenvalue weighted by atomic mass is 16.5. The lowest BCUT2D eigenvalue weighted by Crippen LogP contribution is -1.98. The SMILES string of the molecule is CCCOc1cc(-c2nc3cc(C)c(C)cc3[nH]2)ccc1OC. The van der Waals surface area contributed by atoms with Gasteiger partial charge in [0.1, 0.15) is 5.82 Å². The number of aromatic nitrogens is 2. The second kappa shape index (κ2) is 6.32. The van der Waals surface area contributed by atoms with Crippen molar-refractivity contribution in [2.24, 2.45) is 0 Å². The van der Waals surface area contributed by atoms with Gasteiger partial charge in [0.25, 0.3) is 0 Å². The maximum absolute atomic E-state index is 5.78. The number of benzene rings is 2. The monoisotopic (exact) mass is 310 g/mol. The largest absolute Gasteiger partial charge is 0.493 e. The molecule has 0 saturated carbocycles. The number of hydrogen-bond donors (Lipinski definition) is 1. The van der Waals surface area contributed by atoms with Gasteiger partial charge in [0, 0.05) is 5.56 Å². The fourth-order valence-corrected chi connectivity index (χ4v) is 2.56. The average Bonchev–Trinajstić information content (AvgIpc) is 2.95. The van der Waals surface area contributed by atoms with Gasteiger partial charge in [0.2, 0.25) is 0 Å². The standard InChI is InChI=1S/C19H22N2O2/c1-5-8-23-18-11-14(6-7-17(18)22-4)19-20-15-9-12(2)13(3)10-16(15)21-19/h6-7,9-11H,5,8H2,1-4H3,(H,20,21). The van der Waals surface area contributed by atoms with Crippen molar-refractivity contribution in [3.63, 3.8) is 0 Å². The Labute approximate surface area is 136 Å². The van der Waals surface area contributed by atoms with Crippen LogP contribution < -0.4 is 9.47 Å². The predicted molar refractivity (Wildman–Crippen MR) is 93.3 cm³/mol. The summed E-state index contributed by atoms with van der Waals surface area (Å²) in [4.78, 5) is 8.10. The van der Waals surface area contributed by atoms with Gasteiger partial charge in [-0.05, 0) is 61.7 Å². The maximum atomic E-state index is 5.78. The van der Waals surface area contributed by atoms with Crippen LogP contribution >= 0.6 is 0 Å². The summed E-state index contributed by atoms with van der Waals surface area (Å²) >= 11 is 0. The minimum Gasteiger partial charge on any atom is -0.493 e. The highest BCUT2D eigenvalue weighted by Crippen LogP contribution is 2.32. The molecule has 3 aromatic rings. The molecule has 0 saturated heterocycles. The third-order valence-electron chi connectivity index (χ3n) is 4.00. The van der Waals surface area contributed by atoms with E-state index < -0.39 is 0 Å². The van der Waals surface area contributed by atoms with Crippen molar-refractivity contribution in [2.75, 3.05) is 13.7 Å². The number of ether oxygens (including phenoxy) is 2. The number of fused-ring (bicyclic) bond motifs is 1. The van der Waals surface area contributed by atoms with E-state index in [1.165, 1.54) is 11.1 Å². The van der Waals surface area contributed by atoms with E-state index in [9.17, 15) is 0 Å². The second-order valence-electron chi connectivity index (χ2n) is 5.75. The van der Waals surface area contributed by atoms with Gasteiger partial charge < -0.3 is 14.5 Å². The van der Waals surface area contributed by atoms with E-state index in [-0.39, 0.29) is 0 Å². The Balaban J connectivity index is 2.03. The zero-order valence-electron chi connectivity index (χ0n) is 14.1. The van der Waals surface area contributed by atoms with E-state index in [0.29, 0.717) is 6.61 Å². The molecular weight excluding hydrogens is 288 g/mol. The Morgan fingerprint density at radius 2 is 1.83 bits per heavy atom. The summed E-state index contributed by atoms with van der Waals surface area (Å²) in [5.74, 6) is 2.33. The van der Waals surface area contributed by atoms with Crippen LogP contribution in [0.5, 0.6) is 11.5 Å². The van der Waals surface area contributed by atoms with Gasteiger partial charge in [-0.3, -0.25) is 0 Å². The topological polar surface area (TPSA) is 47.1 Å². The zero-order valence-corrected chi connectivity index (χ0v) is 14.1. The number of aryl methyl sites for hydroxylation is 2. The lowest BCUT2D eigenvalue weighted by atomic mass is 10.1. The van der Waals surface area contributed by atoms with E-state index in [2.05, 4.69) is 37.9 Å². The molecule has 0 fully saturated rings. The Kier molecular flexibility index (Phi) is 4.24. The van der Waals surface area contributed by atoms with Crippen molar-refractivity contribution in [1.29, 1.82) is 0 Å². The van der Waals surface area contributed by atoms with Gasteiger partial charge in [-0.25, -0.2) is 4.98 Å². The number of H-pyrrole nitrogens is 1. The van der Waals surface area contributed by atoms with Gasteiger partial charge in [-0.15, -0.1) is 0 Å². The summed E-state index contributed by atoms with van der Waals surface area (Å²) < 4.78 is 11.2. The van der Waals surface area contributed by atoms with E-state index in [1.54, 1.807) is 7.11 Å². The normalized spacial score (nSPS) is 11.0. The van der Waals surface area contributed by atoms with Crippen molar-refractivity contribution in [2.45, 2.75) is 27.2 Å². The van der Waals surface area contributed by atoms with Gasteiger partial charge >= 0.3 is 0 Å². The minimum atomic E-state index is 0.665. The molecule has 0 bridgehead atoms. The first-order chi connectivity index (χ1) is 11.1. The number of hydrogen-bond acceptors (Lipinski definition) is 3. The smallest absolute Gasteiger partial charge is 0.161 e. The first-order valence-electron chi connectivity index (χ1n) is 7.90. The van der Waals surface area contributed by atoms with Crippen LogP contribution in [0.3, 0.4) is 0 Å². The average molecular weight is 310 g/mol. The van der Waals surface area contributed by atoms with Crippen LogP contribution in [0.25, 0.3) is 22.4 Å². The van der Waals surface area contributed by atoms with Crippen LogP contribution in [0.1, 0.15) is 24.5 Å². The van der Waals surface area contributed by atoms with Crippen LogP contribution in [0.4, 0.5) is 0 Å². The molecule has 1 aromatic heterocycles. The molecule has 23 heavy (non-hydrogen) atoms. The number of imidazole rings is 1. The van der Waals surface area contributed by atoms with E-state index in [1.807, 2.05) is 18.2 Å². The van der Waals surface area contributed by atoms with Crippen LogP contribution in [-0.4, -0.2) is 23.7 Å². The molecule has 4 heteroatoms. The minimum absolute atomic E-state index is 0.665. The van der Waals surface area contributed by atoms with Crippen molar-refractivity contribution in [3.8, 4) is 22.9 Å². The first kappa shape index (κ1) is 15.4. The van der Waals surface area contributed by atoms with Crippen LogP contribution in [-0.2, 0) is 0 Å². The Morgan fingerprint density at radius 3 is 2.57 bits per heavy atom. The van der Waals surface area contributed by atoms with Gasteiger partial charge in [-0.1, -0.05) is 6.92 Å². The van der Waals surface area contributed by atoms with Gasteiger partial charge in [-0.2, -0.15) is 0 Å². The zero-order chi connectivity index (χ0) is 16.4. The van der Waals surface area contributed by atoms with Crippen molar-refractivity contribution in [1.82, 2.24) is 9.97 Å². The molecule has 1 N–H and O–H groups in total. The van der Waals surface area contributed by atoms with Crippen molar-refractivity contribution >= 4 is 11.0 Å². The van der Waals surface area contributed by atoms with Gasteiger partial charge in [0.05, 0.1) is 24.8 Å². The van der Waals surface area contributed by atoms with Crippen molar-refractivity contribution in [3.05, 3.63) is 41.5 Å². The first-order valence-corrected chi connectivity index (χ1v) is 7.90. The summed E-state index contributed by atoms with van der Waals surface area (Å²) in [7, 11) is 1.65. The molecule has 0 aliphatic heterocycles. The molecule has 0 amide bonds. The Bertz CT molecular complexity index is 798. The van der Waals surface area contributed by atoms with Crippen LogP contribution in [0.15, 0.2) is 30.3 Å². The lowest BCUT2D eigenvalue weighted by molar-refractivity contribution is 0.294. The molecule has 3 rings (SSSR count). The predicted octanol–water partition coefficient (Wildman–Crippen LogP) is 4.64. The molecule has 0 atom stereocenters. The number of nitrogens with one attached hydrogen (secondary N) is 1. The quantitative estimate of drug-likeness (QED) is 0.746. The highest BCUT2D eigenvalue weighted by Gasteiger charge is 2.11. The number of rotatable bonds is 5. The molecule has 0 unspecified atom stereocenters. The number of aromatic amines is 1. The van der Waals surface area contributed by atoms with Crippen LogP contribution in [0, 0.1) is 13.8 Å². The molecule has 0 aliphatic rings. The highest BCUT2D eigenvalue weighted by molar-refractivity contribution is 5.81. The van der Waals surface area contributed by atoms with E-state index in [4.69, 9.17) is 14.5 Å². The second-order valence-corrected chi connectivity index (χ2v) is 5.75. The van der Waals surface area contributed by atoms with E-state index >= 15 is 0 Å². The van der Waals surface area contributed by atoms with Gasteiger partial charge in [0.15, 0.2) is 11.5 Å². The summed E-state index contributed by atoms with van der Waals surface area (Å²) in [6.07, 6.45) is 0.955. The third-order valence-corrected chi connectivity index (χ3v) is 4.00. The molecule has 1 heterocycles. The summed E-state index contributed by atoms with van der Waals surface area (Å²) in [5, 5.41) is 0. The Morgan fingerprint density at radius 1 is 1.04 bits per heavy atom. The molecule has 2 aromatic carbocycles. The maximum Gasteiger partial charge on any atom is 0.161 e. The summed E-state index contributed by atoms with van der Waals surface area (Å²) in [5.41, 5.74) is 5.53. The van der Waals surface area contributed by atoms with E-state index in [0.717, 1.165) is 40.3 Å². The fourth-order valence-electron chi connectivity index (χ4n) is 2.56. The molecular formula is C19H22N2O2. The van der Waals surface area contributed by atoms with Crippen molar-refractivity contribution < 1.29 is 9.47 Å². The number of methoxy groups -OCH3 is 1. The molecule has 0 spiro atoms. The van der Waals surface area contributed by atoms with Crippen LogP contribution in [0.2, 0.25) is 0 Å². The summed E-state index contributed by atoms with van der Waals surface area (Å²) in [6.45, 7) is 6.96. The molecule has 120 valence electrons. The number of nitrogens with zero attached hydrogens (tertiary/aromatic N) is 1. The lowest BCUT2D eigenvalue weighted by Gasteiger charge is -2.11. The molecule has 4 nitrogen and oxygen atoms in total. The molecule has 0 aliphatic carbocycles. The Hall–Kier alpha value is -2.49. The fraction of sp³-hybridized carbons (Fsp3) is 0.316. The summed E-state index contributed by atoms with van der Waals surface area (Å²) in [6, 6.07) is 10.1. The molecule has 0 radical (unpaired) electrons. The third kappa shape index (κ3) is 3.02.